The quantitative estimate of drug-likeness (QED) is 0.0659. The molecule has 2 aliphatic heterocycles. The summed E-state index contributed by atoms with van der Waals surface area (Å²) in [4.78, 5) is 13.8. The average Bonchev–Trinajstić information content (AvgIpc) is 3.65. The lowest BCUT2D eigenvalue weighted by Gasteiger charge is -2.24. The van der Waals surface area contributed by atoms with Gasteiger partial charge in [-0.3, -0.25) is 9.35 Å². The van der Waals surface area contributed by atoms with Crippen molar-refractivity contribution in [2.24, 2.45) is 0 Å². The van der Waals surface area contributed by atoms with Crippen molar-refractivity contribution >= 4 is 38.7 Å². The van der Waals surface area contributed by atoms with Crippen LogP contribution in [0, 0.1) is 0 Å². The first kappa shape index (κ1) is 42.8. The smallest absolute Gasteiger partial charge is 0.303 e. The summed E-state index contributed by atoms with van der Waals surface area (Å²) in [5.41, 5.74) is 13.3. The Balaban J connectivity index is 1.43. The number of benzene rings is 3. The molecule has 1 aliphatic carbocycles. The van der Waals surface area contributed by atoms with E-state index in [0.717, 1.165) is 90.9 Å². The van der Waals surface area contributed by atoms with Gasteiger partial charge in [-0.2, -0.15) is 13.0 Å². The van der Waals surface area contributed by atoms with E-state index in [0.29, 0.717) is 25.8 Å². The molecule has 0 fully saturated rings. The van der Waals surface area contributed by atoms with Crippen LogP contribution in [0.2, 0.25) is 0 Å². The van der Waals surface area contributed by atoms with Gasteiger partial charge in [0, 0.05) is 54.9 Å². The Morgan fingerprint density at radius 1 is 0.948 bits per heavy atom. The number of nitrogens with zero attached hydrogens (tertiary/aromatic N) is 2. The number of hydrogen-bond acceptors (Lipinski definition) is 6. The molecule has 3 aromatic rings. The van der Waals surface area contributed by atoms with Crippen LogP contribution >= 0.6 is 0 Å². The standard InChI is InChI=1S/C48H58N2O7S/c1-5-6-7-27-49-40(31-39-30-35(33-51)15-23-43(39)49)21-19-36-11-10-12-37(47(36)38-17-13-34(14-18-38)16-26-46(52)53)20-25-45-48(2,3)42-32-41(57-4)22-24-44(42)50(45)28-8-9-29-58(54,55)56/h13-15,17-25,30,32,51H,5-12,16,26-29,31,33H2,1-4H3,(H-,52,53,54,55,56)/p+1. The lowest BCUT2D eigenvalue weighted by Crippen LogP contribution is -2.28. The predicted molar refractivity (Wildman–Crippen MR) is 233 cm³/mol. The first-order valence-electron chi connectivity index (χ1n) is 20.7. The van der Waals surface area contributed by atoms with Crippen molar-refractivity contribution in [1.29, 1.82) is 0 Å². The Morgan fingerprint density at radius 3 is 2.43 bits per heavy atom. The Labute approximate surface area is 344 Å². The molecule has 0 unspecified atom stereocenters. The van der Waals surface area contributed by atoms with Gasteiger partial charge in [-0.1, -0.05) is 68.3 Å². The molecule has 3 N–H and O–H groups in total. The highest BCUT2D eigenvalue weighted by molar-refractivity contribution is 7.85. The monoisotopic (exact) mass is 807 g/mol. The number of aliphatic carboxylic acids is 1. The third-order valence-electron chi connectivity index (χ3n) is 11.8. The molecule has 58 heavy (non-hydrogen) atoms. The maximum Gasteiger partial charge on any atom is 0.303 e. The highest BCUT2D eigenvalue weighted by Gasteiger charge is 2.44. The van der Waals surface area contributed by atoms with E-state index in [2.05, 4.69) is 90.9 Å². The van der Waals surface area contributed by atoms with E-state index in [9.17, 15) is 28.0 Å². The van der Waals surface area contributed by atoms with E-state index in [-0.39, 0.29) is 24.2 Å². The van der Waals surface area contributed by atoms with Crippen molar-refractivity contribution in [2.45, 2.75) is 103 Å². The summed E-state index contributed by atoms with van der Waals surface area (Å²) in [6, 6.07) is 20.8. The SMILES string of the molecule is CCCCCN1C(=CC=C2CCCC(C=CC3=[N+](CCCCS(=O)(=O)O)c4ccc(OC)cc4C3(C)C)=C2c2ccc(CCC(=O)O)cc2)Cc2cc(CO)ccc21. The Morgan fingerprint density at radius 2 is 1.72 bits per heavy atom. The maximum absolute atomic E-state index is 11.5. The van der Waals surface area contributed by atoms with E-state index in [1.54, 1.807) is 7.11 Å². The molecule has 0 radical (unpaired) electrons. The lowest BCUT2D eigenvalue weighted by atomic mass is 9.79. The third kappa shape index (κ3) is 10.1. The van der Waals surface area contributed by atoms with Crippen molar-refractivity contribution in [1.82, 2.24) is 0 Å². The zero-order chi connectivity index (χ0) is 41.5. The fourth-order valence-corrected chi connectivity index (χ4v) is 9.26. The molecule has 6 rings (SSSR count). The molecular weight excluding hydrogens is 749 g/mol. The molecule has 0 amide bonds. The van der Waals surface area contributed by atoms with Crippen LogP contribution in [0.1, 0.15) is 106 Å². The van der Waals surface area contributed by atoms with Gasteiger partial charge in [-0.05, 0) is 116 Å². The van der Waals surface area contributed by atoms with Crippen molar-refractivity contribution in [2.75, 3.05) is 30.9 Å². The number of aliphatic hydroxyl groups excluding tert-OH is 1. The van der Waals surface area contributed by atoms with Crippen LogP contribution in [0.15, 0.2) is 102 Å². The first-order chi connectivity index (χ1) is 27.8. The molecule has 2 heterocycles. The summed E-state index contributed by atoms with van der Waals surface area (Å²) in [5, 5.41) is 19.2. The second-order valence-corrected chi connectivity index (χ2v) is 17.8. The summed E-state index contributed by atoms with van der Waals surface area (Å²) in [7, 11) is -2.38. The molecule has 308 valence electrons. The highest BCUT2D eigenvalue weighted by Crippen LogP contribution is 2.44. The average molecular weight is 808 g/mol. The van der Waals surface area contributed by atoms with Crippen LogP contribution < -0.4 is 9.64 Å². The highest BCUT2D eigenvalue weighted by atomic mass is 32.2. The van der Waals surface area contributed by atoms with Gasteiger partial charge in [-0.25, -0.2) is 0 Å². The van der Waals surface area contributed by atoms with Gasteiger partial charge < -0.3 is 19.8 Å². The van der Waals surface area contributed by atoms with Crippen LogP contribution in [0.25, 0.3) is 5.57 Å². The van der Waals surface area contributed by atoms with Crippen LogP contribution in [0.5, 0.6) is 5.75 Å². The zero-order valence-electron chi connectivity index (χ0n) is 34.5. The molecule has 9 nitrogen and oxygen atoms in total. The number of methoxy groups -OCH3 is 1. The molecule has 3 aromatic carbocycles. The fraction of sp³-hybridized carbons (Fsp3) is 0.417. The van der Waals surface area contributed by atoms with Crippen LogP contribution in [-0.4, -0.2) is 65.4 Å². The van der Waals surface area contributed by atoms with Crippen molar-refractivity contribution in [3.05, 3.63) is 130 Å². The second-order valence-electron chi connectivity index (χ2n) is 16.2. The van der Waals surface area contributed by atoms with Gasteiger partial charge in [0.2, 0.25) is 5.69 Å². The number of carbonyl (C=O) groups is 1. The Bertz CT molecular complexity index is 2260. The summed E-state index contributed by atoms with van der Waals surface area (Å²) in [6.07, 6.45) is 17.6. The van der Waals surface area contributed by atoms with Gasteiger partial charge in [-0.15, -0.1) is 0 Å². The molecular formula is C48H59N2O7S+. The first-order valence-corrected chi connectivity index (χ1v) is 22.3. The lowest BCUT2D eigenvalue weighted by molar-refractivity contribution is -0.438. The number of aryl methyl sites for hydroxylation is 1. The second kappa shape index (κ2) is 18.9. The maximum atomic E-state index is 11.5. The fourth-order valence-electron chi connectivity index (χ4n) is 8.69. The number of carboxylic acids is 1. The largest absolute Gasteiger partial charge is 0.497 e. The van der Waals surface area contributed by atoms with E-state index >= 15 is 0 Å². The summed E-state index contributed by atoms with van der Waals surface area (Å²) in [6.45, 7) is 8.20. The van der Waals surface area contributed by atoms with Crippen molar-refractivity contribution < 1.29 is 37.3 Å². The summed E-state index contributed by atoms with van der Waals surface area (Å²) >= 11 is 0. The van der Waals surface area contributed by atoms with E-state index in [1.807, 2.05) is 24.3 Å². The summed E-state index contributed by atoms with van der Waals surface area (Å²) in [5.74, 6) is -0.302. The summed E-state index contributed by atoms with van der Waals surface area (Å²) < 4.78 is 40.3. The van der Waals surface area contributed by atoms with Gasteiger partial charge in [0.15, 0.2) is 5.71 Å². The minimum absolute atomic E-state index is 0.0220. The molecule has 0 saturated heterocycles. The number of anilines is 1. The van der Waals surface area contributed by atoms with Gasteiger partial charge in [0.25, 0.3) is 10.1 Å². The third-order valence-corrected chi connectivity index (χ3v) is 12.6. The molecule has 0 spiro atoms. The molecule has 0 aromatic heterocycles. The number of rotatable bonds is 18. The van der Waals surface area contributed by atoms with Crippen LogP contribution in [0.4, 0.5) is 11.4 Å². The van der Waals surface area contributed by atoms with Crippen molar-refractivity contribution in [3.8, 4) is 5.75 Å². The van der Waals surface area contributed by atoms with Crippen LogP contribution in [-0.2, 0) is 39.8 Å². The van der Waals surface area contributed by atoms with E-state index in [1.165, 1.54) is 33.7 Å². The minimum atomic E-state index is -4.04. The molecule has 0 saturated carbocycles. The number of unbranched alkanes of at least 4 members (excludes halogenated alkanes) is 3. The number of hydrogen-bond donors (Lipinski definition) is 3. The predicted octanol–water partition coefficient (Wildman–Crippen LogP) is 9.51. The Hall–Kier alpha value is -4.77. The van der Waals surface area contributed by atoms with Gasteiger partial charge >= 0.3 is 5.97 Å². The molecule has 0 bridgehead atoms. The minimum Gasteiger partial charge on any atom is -0.497 e. The number of ether oxygens (including phenoxy) is 1. The number of aliphatic hydroxyl groups is 1. The number of carboxylic acid groups (broad SMARTS) is 1. The zero-order valence-corrected chi connectivity index (χ0v) is 35.3. The van der Waals surface area contributed by atoms with E-state index in [4.69, 9.17) is 4.74 Å². The van der Waals surface area contributed by atoms with Gasteiger partial charge in [0.05, 0.1) is 24.9 Å². The van der Waals surface area contributed by atoms with Crippen molar-refractivity contribution in [3.63, 3.8) is 0 Å². The van der Waals surface area contributed by atoms with Gasteiger partial charge in [0.1, 0.15) is 12.3 Å². The molecule has 3 aliphatic rings. The topological polar surface area (TPSA) is 127 Å². The van der Waals surface area contributed by atoms with Crippen LogP contribution in [0.3, 0.4) is 0 Å². The number of allylic oxidation sites excluding steroid dienone is 8. The number of fused-ring (bicyclic) bond motifs is 2. The molecule has 0 atom stereocenters. The molecule has 10 heteroatoms. The Kier molecular flexibility index (Phi) is 13.9. The van der Waals surface area contributed by atoms with E-state index < -0.39 is 16.1 Å². The normalized spacial score (nSPS) is 17.9.